The second-order valence-corrected chi connectivity index (χ2v) is 4.64. The molecule has 0 spiro atoms. The van der Waals surface area contributed by atoms with Crippen LogP contribution in [0, 0.1) is 0 Å². The van der Waals surface area contributed by atoms with Gasteiger partial charge in [0.05, 0.1) is 6.54 Å². The van der Waals surface area contributed by atoms with Gasteiger partial charge < -0.3 is 10.6 Å². The Hall–Kier alpha value is -1.10. The Labute approximate surface area is 103 Å². The fraction of sp³-hybridized carbons (Fsp3) is 0.833. The lowest BCUT2D eigenvalue weighted by Crippen LogP contribution is -2.58. The van der Waals surface area contributed by atoms with Crippen LogP contribution >= 0.6 is 0 Å². The SMILES string of the molecule is CCCCCC(C)NC(=O)C1CNC(=O)CN1. The van der Waals surface area contributed by atoms with E-state index in [0.717, 1.165) is 12.8 Å². The van der Waals surface area contributed by atoms with Crippen LogP contribution in [-0.2, 0) is 9.59 Å². The third kappa shape index (κ3) is 5.17. The van der Waals surface area contributed by atoms with Gasteiger partial charge in [0.15, 0.2) is 0 Å². The molecule has 0 aliphatic carbocycles. The van der Waals surface area contributed by atoms with Crippen molar-refractivity contribution < 1.29 is 9.59 Å². The minimum absolute atomic E-state index is 0.0194. The normalized spacial score (nSPS) is 21.8. The van der Waals surface area contributed by atoms with Crippen molar-refractivity contribution in [2.75, 3.05) is 13.1 Å². The highest BCUT2D eigenvalue weighted by Gasteiger charge is 2.24. The first-order chi connectivity index (χ1) is 8.13. The molecule has 2 atom stereocenters. The number of unbranched alkanes of at least 4 members (excludes halogenated alkanes) is 2. The second-order valence-electron chi connectivity index (χ2n) is 4.64. The van der Waals surface area contributed by atoms with Crippen molar-refractivity contribution in [1.82, 2.24) is 16.0 Å². The molecule has 5 nitrogen and oxygen atoms in total. The maximum Gasteiger partial charge on any atom is 0.239 e. The smallest absolute Gasteiger partial charge is 0.239 e. The average molecular weight is 241 g/mol. The topological polar surface area (TPSA) is 70.2 Å². The Bertz CT molecular complexity index is 258. The maximum atomic E-state index is 11.8. The number of rotatable bonds is 6. The van der Waals surface area contributed by atoms with Gasteiger partial charge in [-0.1, -0.05) is 26.2 Å². The summed E-state index contributed by atoms with van der Waals surface area (Å²) in [6.07, 6.45) is 4.56. The van der Waals surface area contributed by atoms with Gasteiger partial charge in [-0.2, -0.15) is 0 Å². The summed E-state index contributed by atoms with van der Waals surface area (Å²) in [5.74, 6) is -0.0703. The van der Waals surface area contributed by atoms with Crippen LogP contribution in [0.1, 0.15) is 39.5 Å². The summed E-state index contributed by atoms with van der Waals surface area (Å²) < 4.78 is 0. The van der Waals surface area contributed by atoms with Crippen LogP contribution in [0.15, 0.2) is 0 Å². The fourth-order valence-corrected chi connectivity index (χ4v) is 1.87. The number of piperazine rings is 1. The Morgan fingerprint density at radius 1 is 1.53 bits per heavy atom. The zero-order valence-corrected chi connectivity index (χ0v) is 10.7. The van der Waals surface area contributed by atoms with Crippen LogP contribution in [0.2, 0.25) is 0 Å². The van der Waals surface area contributed by atoms with Crippen molar-refractivity contribution in [1.29, 1.82) is 0 Å². The maximum absolute atomic E-state index is 11.8. The van der Waals surface area contributed by atoms with E-state index in [0.29, 0.717) is 6.54 Å². The van der Waals surface area contributed by atoms with Crippen molar-refractivity contribution in [3.05, 3.63) is 0 Å². The minimum atomic E-state index is -0.290. The predicted molar refractivity (Wildman–Crippen MR) is 66.5 cm³/mol. The largest absolute Gasteiger partial charge is 0.353 e. The number of amides is 2. The number of hydrogen-bond acceptors (Lipinski definition) is 3. The van der Waals surface area contributed by atoms with Gasteiger partial charge in [-0.25, -0.2) is 0 Å². The number of nitrogens with one attached hydrogen (secondary N) is 3. The monoisotopic (exact) mass is 241 g/mol. The predicted octanol–water partition coefficient (Wildman–Crippen LogP) is 0.159. The first-order valence-corrected chi connectivity index (χ1v) is 6.44. The standard InChI is InChI=1S/C12H23N3O2/c1-3-4-5-6-9(2)15-12(17)10-7-14-11(16)8-13-10/h9-10,13H,3-8H2,1-2H3,(H,14,16)(H,15,17). The molecule has 3 N–H and O–H groups in total. The van der Waals surface area contributed by atoms with Gasteiger partial charge in [-0.3, -0.25) is 14.9 Å². The molecule has 17 heavy (non-hydrogen) atoms. The molecule has 98 valence electrons. The van der Waals surface area contributed by atoms with E-state index in [9.17, 15) is 9.59 Å². The van der Waals surface area contributed by atoms with E-state index >= 15 is 0 Å². The Balaban J connectivity index is 2.21. The lowest BCUT2D eigenvalue weighted by molar-refractivity contribution is -0.127. The molecule has 0 radical (unpaired) electrons. The van der Waals surface area contributed by atoms with E-state index in [1.165, 1.54) is 12.8 Å². The molecule has 0 bridgehead atoms. The molecule has 1 heterocycles. The summed E-state index contributed by atoms with van der Waals surface area (Å²) in [5, 5.41) is 8.56. The van der Waals surface area contributed by atoms with Gasteiger partial charge in [0, 0.05) is 12.6 Å². The van der Waals surface area contributed by atoms with Crippen LogP contribution in [0.5, 0.6) is 0 Å². The van der Waals surface area contributed by atoms with Crippen molar-refractivity contribution in [2.24, 2.45) is 0 Å². The molecule has 0 aromatic carbocycles. The Morgan fingerprint density at radius 2 is 2.29 bits per heavy atom. The third-order valence-corrected chi connectivity index (χ3v) is 2.96. The van der Waals surface area contributed by atoms with E-state index in [-0.39, 0.29) is 30.4 Å². The lowest BCUT2D eigenvalue weighted by Gasteiger charge is -2.25. The summed E-state index contributed by atoms with van der Waals surface area (Å²) in [6.45, 7) is 4.79. The van der Waals surface area contributed by atoms with Crippen LogP contribution in [0.3, 0.4) is 0 Å². The lowest BCUT2D eigenvalue weighted by atomic mass is 10.1. The summed E-state index contributed by atoms with van der Waals surface area (Å²) in [4.78, 5) is 22.7. The quantitative estimate of drug-likeness (QED) is 0.580. The highest BCUT2D eigenvalue weighted by atomic mass is 16.2. The number of carbonyl (C=O) groups is 2. The molecule has 1 aliphatic heterocycles. The van der Waals surface area contributed by atoms with Gasteiger partial charge in [0.1, 0.15) is 6.04 Å². The summed E-state index contributed by atoms with van der Waals surface area (Å²) in [7, 11) is 0. The zero-order chi connectivity index (χ0) is 12.7. The van der Waals surface area contributed by atoms with E-state index in [4.69, 9.17) is 0 Å². The van der Waals surface area contributed by atoms with Crippen molar-refractivity contribution >= 4 is 11.8 Å². The molecule has 2 unspecified atom stereocenters. The van der Waals surface area contributed by atoms with Crippen molar-refractivity contribution in [2.45, 2.75) is 51.6 Å². The van der Waals surface area contributed by atoms with Crippen LogP contribution in [0.25, 0.3) is 0 Å². The molecule has 0 aromatic rings. The van der Waals surface area contributed by atoms with E-state index in [1.54, 1.807) is 0 Å². The van der Waals surface area contributed by atoms with Gasteiger partial charge in [-0.05, 0) is 13.3 Å². The number of hydrogen-bond donors (Lipinski definition) is 3. The Kier molecular flexibility index (Phi) is 5.97. The van der Waals surface area contributed by atoms with Gasteiger partial charge in [0.25, 0.3) is 0 Å². The van der Waals surface area contributed by atoms with Crippen LogP contribution < -0.4 is 16.0 Å². The second kappa shape index (κ2) is 7.27. The summed E-state index contributed by atoms with van der Waals surface area (Å²) in [6, 6.07) is -0.0881. The molecule has 2 amide bonds. The summed E-state index contributed by atoms with van der Waals surface area (Å²) in [5.41, 5.74) is 0. The molecule has 1 fully saturated rings. The fourth-order valence-electron chi connectivity index (χ4n) is 1.87. The van der Waals surface area contributed by atoms with Gasteiger partial charge in [0.2, 0.25) is 11.8 Å². The minimum Gasteiger partial charge on any atom is -0.353 e. The third-order valence-electron chi connectivity index (χ3n) is 2.96. The number of carbonyl (C=O) groups excluding carboxylic acids is 2. The molecule has 1 saturated heterocycles. The highest BCUT2D eigenvalue weighted by molar-refractivity contribution is 5.86. The molecular formula is C12H23N3O2. The van der Waals surface area contributed by atoms with Crippen molar-refractivity contribution in [3.63, 3.8) is 0 Å². The van der Waals surface area contributed by atoms with Crippen molar-refractivity contribution in [3.8, 4) is 0 Å². The average Bonchev–Trinajstić information content (AvgIpc) is 2.30. The highest BCUT2D eigenvalue weighted by Crippen LogP contribution is 2.03. The molecule has 1 aliphatic rings. The molecule has 0 saturated carbocycles. The van der Waals surface area contributed by atoms with Crippen LogP contribution in [-0.4, -0.2) is 37.0 Å². The summed E-state index contributed by atoms with van der Waals surface area (Å²) >= 11 is 0. The van der Waals surface area contributed by atoms with Crippen LogP contribution in [0.4, 0.5) is 0 Å². The van der Waals surface area contributed by atoms with Gasteiger partial charge >= 0.3 is 0 Å². The van der Waals surface area contributed by atoms with E-state index in [1.807, 2.05) is 6.92 Å². The Morgan fingerprint density at radius 3 is 2.88 bits per heavy atom. The van der Waals surface area contributed by atoms with E-state index < -0.39 is 0 Å². The first kappa shape index (κ1) is 14.0. The molecule has 0 aromatic heterocycles. The molecule has 5 heteroatoms. The van der Waals surface area contributed by atoms with Gasteiger partial charge in [-0.15, -0.1) is 0 Å². The van der Waals surface area contributed by atoms with E-state index in [2.05, 4.69) is 22.9 Å². The zero-order valence-electron chi connectivity index (χ0n) is 10.7. The first-order valence-electron chi connectivity index (χ1n) is 6.44. The molecular weight excluding hydrogens is 218 g/mol. The molecule has 1 rings (SSSR count).